The Balaban J connectivity index is 4.10. The Morgan fingerprint density at radius 3 is 1.31 bits per heavy atom. The van der Waals surface area contributed by atoms with Gasteiger partial charge in [0.15, 0.2) is 6.10 Å². The zero-order valence-electron chi connectivity index (χ0n) is 35.2. The number of hydrogen-bond donors (Lipinski definition) is 2. The topological polar surface area (TPSA) is 134 Å². The molecule has 0 saturated heterocycles. The highest BCUT2D eigenvalue weighted by Gasteiger charge is 2.26. The molecule has 0 aliphatic heterocycles. The van der Waals surface area contributed by atoms with E-state index in [-0.39, 0.29) is 38.6 Å². The van der Waals surface area contributed by atoms with Crippen LogP contribution >= 0.6 is 7.82 Å². The van der Waals surface area contributed by atoms with E-state index in [1.807, 2.05) is 0 Å². The van der Waals surface area contributed by atoms with Gasteiger partial charge in [0.1, 0.15) is 6.61 Å². The maximum Gasteiger partial charge on any atom is 0.472 e. The van der Waals surface area contributed by atoms with Crippen molar-refractivity contribution in [3.63, 3.8) is 0 Å². The molecule has 0 heterocycles. The number of carbonyl (C=O) groups is 2. The fraction of sp³-hybridized carbons (Fsp3) is 0.909. The van der Waals surface area contributed by atoms with Gasteiger partial charge in [-0.2, -0.15) is 0 Å². The van der Waals surface area contributed by atoms with Gasteiger partial charge < -0.3 is 20.1 Å². The van der Waals surface area contributed by atoms with Gasteiger partial charge in [-0.05, 0) is 38.5 Å². The Morgan fingerprint density at radius 2 is 0.907 bits per heavy atom. The molecule has 320 valence electrons. The van der Waals surface area contributed by atoms with Gasteiger partial charge in [0.05, 0.1) is 13.2 Å². The molecule has 0 aliphatic carbocycles. The second-order valence-electron chi connectivity index (χ2n) is 15.3. The molecule has 0 aromatic heterocycles. The molecule has 0 fully saturated rings. The summed E-state index contributed by atoms with van der Waals surface area (Å²) < 4.78 is 32.8. The second kappa shape index (κ2) is 41.4. The number of carbonyl (C=O) groups excluding carboxylic acids is 2. The van der Waals surface area contributed by atoms with Crippen molar-refractivity contribution in [2.24, 2.45) is 5.73 Å². The van der Waals surface area contributed by atoms with Gasteiger partial charge in [0.2, 0.25) is 0 Å². The number of unbranched alkanes of at least 4 members (excludes halogenated alkanes) is 28. The maximum absolute atomic E-state index is 12.6. The largest absolute Gasteiger partial charge is 0.472 e. The number of allylic oxidation sites excluding steroid dienone is 2. The molecular weight excluding hydrogens is 701 g/mol. The molecule has 0 aromatic rings. The minimum Gasteiger partial charge on any atom is -0.462 e. The van der Waals surface area contributed by atoms with Crippen molar-refractivity contribution in [2.45, 2.75) is 232 Å². The van der Waals surface area contributed by atoms with E-state index in [0.29, 0.717) is 6.42 Å². The Kier molecular flexibility index (Phi) is 40.4. The first kappa shape index (κ1) is 52.8. The lowest BCUT2D eigenvalue weighted by Crippen LogP contribution is -2.29. The van der Waals surface area contributed by atoms with E-state index in [1.165, 1.54) is 148 Å². The highest BCUT2D eigenvalue weighted by atomic mass is 31.2. The van der Waals surface area contributed by atoms with Gasteiger partial charge in [0, 0.05) is 19.4 Å². The van der Waals surface area contributed by atoms with E-state index in [4.69, 9.17) is 24.3 Å². The quantitative estimate of drug-likeness (QED) is 0.0268. The van der Waals surface area contributed by atoms with E-state index >= 15 is 0 Å². The number of rotatable bonds is 43. The summed E-state index contributed by atoms with van der Waals surface area (Å²) in [4.78, 5) is 34.9. The standard InChI is InChI=1S/C44H86NO8P/c1-3-5-7-9-11-13-15-17-19-20-21-23-25-27-29-31-33-35-37-44(47)53-42(41-52-54(48,49)51-39-38-45)40-50-43(46)36-34-32-30-28-26-24-22-18-16-14-12-10-8-6-4-2/h19-20,42H,3-18,21-41,45H2,1-2H3,(H,48,49)/b20-19-. The van der Waals surface area contributed by atoms with Crippen molar-refractivity contribution < 1.29 is 37.6 Å². The molecule has 0 aliphatic rings. The molecule has 10 heteroatoms. The molecule has 0 amide bonds. The summed E-state index contributed by atoms with van der Waals surface area (Å²) in [6.07, 6.45) is 42.4. The summed E-state index contributed by atoms with van der Waals surface area (Å²) in [6.45, 7) is 3.76. The van der Waals surface area contributed by atoms with E-state index < -0.39 is 26.5 Å². The molecule has 3 N–H and O–H groups in total. The summed E-state index contributed by atoms with van der Waals surface area (Å²) in [7, 11) is -4.37. The third kappa shape index (κ3) is 40.4. The number of ether oxygens (including phenoxy) is 2. The summed E-state index contributed by atoms with van der Waals surface area (Å²) in [6, 6.07) is 0. The van der Waals surface area contributed by atoms with Crippen LogP contribution < -0.4 is 5.73 Å². The van der Waals surface area contributed by atoms with Gasteiger partial charge in [0.25, 0.3) is 0 Å². The Morgan fingerprint density at radius 1 is 0.537 bits per heavy atom. The summed E-state index contributed by atoms with van der Waals surface area (Å²) in [5.41, 5.74) is 5.35. The molecule has 54 heavy (non-hydrogen) atoms. The summed E-state index contributed by atoms with van der Waals surface area (Å²) in [5, 5.41) is 0. The van der Waals surface area contributed by atoms with E-state index in [2.05, 4.69) is 26.0 Å². The van der Waals surface area contributed by atoms with Gasteiger partial charge in [-0.3, -0.25) is 18.6 Å². The average Bonchev–Trinajstić information content (AvgIpc) is 3.16. The first-order valence-corrected chi connectivity index (χ1v) is 24.2. The van der Waals surface area contributed by atoms with E-state index in [0.717, 1.165) is 44.9 Å². The van der Waals surface area contributed by atoms with Crippen LogP contribution in [-0.2, 0) is 32.7 Å². The number of phosphoric acid groups is 1. The smallest absolute Gasteiger partial charge is 0.462 e. The minimum absolute atomic E-state index is 0.0555. The lowest BCUT2D eigenvalue weighted by Gasteiger charge is -2.19. The van der Waals surface area contributed by atoms with Crippen LogP contribution in [0.3, 0.4) is 0 Å². The molecule has 2 unspecified atom stereocenters. The first-order chi connectivity index (χ1) is 26.3. The van der Waals surface area contributed by atoms with Crippen LogP contribution in [0.15, 0.2) is 12.2 Å². The highest BCUT2D eigenvalue weighted by molar-refractivity contribution is 7.47. The maximum atomic E-state index is 12.6. The third-order valence-electron chi connectivity index (χ3n) is 9.90. The number of phosphoric ester groups is 1. The monoisotopic (exact) mass is 788 g/mol. The fourth-order valence-electron chi connectivity index (χ4n) is 6.51. The average molecular weight is 788 g/mol. The molecule has 9 nitrogen and oxygen atoms in total. The molecular formula is C44H86NO8P. The van der Waals surface area contributed by atoms with Crippen LogP contribution in [0.25, 0.3) is 0 Å². The van der Waals surface area contributed by atoms with Gasteiger partial charge in [-0.15, -0.1) is 0 Å². The Labute approximate surface area is 332 Å². The van der Waals surface area contributed by atoms with Crippen molar-refractivity contribution in [2.75, 3.05) is 26.4 Å². The van der Waals surface area contributed by atoms with Crippen LogP contribution in [0, 0.1) is 0 Å². The zero-order valence-corrected chi connectivity index (χ0v) is 36.1. The predicted molar refractivity (Wildman–Crippen MR) is 224 cm³/mol. The van der Waals surface area contributed by atoms with Crippen molar-refractivity contribution >= 4 is 19.8 Å². The Hall–Kier alpha value is -1.25. The lowest BCUT2D eigenvalue weighted by atomic mass is 10.0. The van der Waals surface area contributed by atoms with Crippen molar-refractivity contribution in [1.82, 2.24) is 0 Å². The van der Waals surface area contributed by atoms with Gasteiger partial charge >= 0.3 is 19.8 Å². The number of nitrogens with two attached hydrogens (primary N) is 1. The first-order valence-electron chi connectivity index (χ1n) is 22.7. The molecule has 0 rings (SSSR count). The minimum atomic E-state index is -4.37. The SMILES string of the molecule is CCCCCCCCC/C=C\CCCCCCCCCC(=O)OC(COC(=O)CCCCCCCCCCCCCCCCC)COP(=O)(O)OCCN. The lowest BCUT2D eigenvalue weighted by molar-refractivity contribution is -0.161. The number of hydrogen-bond acceptors (Lipinski definition) is 8. The third-order valence-corrected chi connectivity index (χ3v) is 10.9. The molecule has 0 radical (unpaired) electrons. The van der Waals surface area contributed by atoms with Crippen LogP contribution in [-0.4, -0.2) is 49.3 Å². The molecule has 0 aromatic carbocycles. The van der Waals surface area contributed by atoms with Gasteiger partial charge in [-0.25, -0.2) is 4.57 Å². The van der Waals surface area contributed by atoms with E-state index in [1.54, 1.807) is 0 Å². The fourth-order valence-corrected chi connectivity index (χ4v) is 7.28. The van der Waals surface area contributed by atoms with E-state index in [9.17, 15) is 19.0 Å². The second-order valence-corrected chi connectivity index (χ2v) is 16.7. The predicted octanol–water partition coefficient (Wildman–Crippen LogP) is 13.0. The molecule has 0 saturated carbocycles. The molecule has 0 bridgehead atoms. The number of esters is 2. The highest BCUT2D eigenvalue weighted by Crippen LogP contribution is 2.43. The Bertz CT molecular complexity index is 902. The van der Waals surface area contributed by atoms with Crippen LogP contribution in [0.2, 0.25) is 0 Å². The molecule has 0 spiro atoms. The van der Waals surface area contributed by atoms with Crippen molar-refractivity contribution in [3.8, 4) is 0 Å². The van der Waals surface area contributed by atoms with Crippen LogP contribution in [0.4, 0.5) is 0 Å². The normalized spacial score (nSPS) is 13.3. The van der Waals surface area contributed by atoms with Crippen molar-refractivity contribution in [1.29, 1.82) is 0 Å². The van der Waals surface area contributed by atoms with Gasteiger partial charge in [-0.1, -0.05) is 187 Å². The summed E-state index contributed by atoms with van der Waals surface area (Å²) in [5.74, 6) is -0.821. The van der Waals surface area contributed by atoms with Crippen LogP contribution in [0.1, 0.15) is 226 Å². The van der Waals surface area contributed by atoms with Crippen LogP contribution in [0.5, 0.6) is 0 Å². The summed E-state index contributed by atoms with van der Waals surface area (Å²) >= 11 is 0. The van der Waals surface area contributed by atoms with Crippen molar-refractivity contribution in [3.05, 3.63) is 12.2 Å². The molecule has 2 atom stereocenters. The zero-order chi connectivity index (χ0) is 39.6.